The Morgan fingerprint density at radius 2 is 2.00 bits per heavy atom. The number of carbonyl (C=O) groups excluding carboxylic acids is 1. The summed E-state index contributed by atoms with van der Waals surface area (Å²) in [7, 11) is 0. The fraction of sp³-hybridized carbons (Fsp3) is 0.136. The van der Waals surface area contributed by atoms with E-state index in [4.69, 9.17) is 0 Å². The first-order valence-corrected chi connectivity index (χ1v) is 9.98. The Morgan fingerprint density at radius 1 is 1.18 bits per heavy atom. The van der Waals surface area contributed by atoms with Crippen molar-refractivity contribution in [3.8, 4) is 0 Å². The molecule has 0 unspecified atom stereocenters. The smallest absolute Gasteiger partial charge is 0.255 e. The fourth-order valence-electron chi connectivity index (χ4n) is 3.05. The van der Waals surface area contributed by atoms with E-state index in [1.165, 1.54) is 0 Å². The standard InChI is InChI=1S/C22H20N4OS/c1-3-19-15(2)26-14-18(9-10-20(26)25-19)24-22(27)17-7-4-16(5-8-17)6-11-21-23-12-13-28-21/h4-14H,3H2,1-2H3,(H,24,27). The number of aryl methyl sites for hydroxylation is 2. The highest BCUT2D eigenvalue weighted by molar-refractivity contribution is 7.10. The van der Waals surface area contributed by atoms with Crippen LogP contribution in [-0.4, -0.2) is 20.3 Å². The van der Waals surface area contributed by atoms with E-state index in [2.05, 4.69) is 22.2 Å². The summed E-state index contributed by atoms with van der Waals surface area (Å²) < 4.78 is 2.01. The Balaban J connectivity index is 1.48. The maximum absolute atomic E-state index is 12.6. The van der Waals surface area contributed by atoms with Gasteiger partial charge in [0.15, 0.2) is 0 Å². The lowest BCUT2D eigenvalue weighted by molar-refractivity contribution is 0.102. The molecule has 28 heavy (non-hydrogen) atoms. The summed E-state index contributed by atoms with van der Waals surface area (Å²) in [4.78, 5) is 21.4. The Kier molecular flexibility index (Phi) is 5.04. The molecule has 0 fully saturated rings. The lowest BCUT2D eigenvalue weighted by atomic mass is 10.1. The van der Waals surface area contributed by atoms with Crippen LogP contribution < -0.4 is 5.32 Å². The molecule has 0 spiro atoms. The van der Waals surface area contributed by atoms with Gasteiger partial charge in [-0.25, -0.2) is 9.97 Å². The van der Waals surface area contributed by atoms with Crippen molar-refractivity contribution in [2.24, 2.45) is 0 Å². The van der Waals surface area contributed by atoms with Crippen molar-refractivity contribution in [2.75, 3.05) is 5.32 Å². The van der Waals surface area contributed by atoms with Crippen LogP contribution in [0.15, 0.2) is 54.2 Å². The monoisotopic (exact) mass is 388 g/mol. The molecular formula is C22H20N4OS. The summed E-state index contributed by atoms with van der Waals surface area (Å²) in [6, 6.07) is 11.3. The largest absolute Gasteiger partial charge is 0.321 e. The van der Waals surface area contributed by atoms with Gasteiger partial charge in [-0.2, -0.15) is 0 Å². The van der Waals surface area contributed by atoms with Crippen LogP contribution in [-0.2, 0) is 6.42 Å². The topological polar surface area (TPSA) is 59.3 Å². The number of hydrogen-bond donors (Lipinski definition) is 1. The summed E-state index contributed by atoms with van der Waals surface area (Å²) in [5.41, 5.74) is 5.45. The van der Waals surface area contributed by atoms with Crippen LogP contribution in [0, 0.1) is 6.92 Å². The van der Waals surface area contributed by atoms with Crippen molar-refractivity contribution in [2.45, 2.75) is 20.3 Å². The molecule has 0 saturated carbocycles. The molecule has 0 radical (unpaired) electrons. The molecule has 0 bridgehead atoms. The van der Waals surface area contributed by atoms with E-state index in [0.717, 1.165) is 39.7 Å². The van der Waals surface area contributed by atoms with Gasteiger partial charge in [0, 0.05) is 29.0 Å². The van der Waals surface area contributed by atoms with E-state index < -0.39 is 0 Å². The number of fused-ring (bicyclic) bond motifs is 1. The van der Waals surface area contributed by atoms with E-state index in [1.807, 2.05) is 71.5 Å². The molecule has 0 saturated heterocycles. The first-order chi connectivity index (χ1) is 13.6. The number of hydrogen-bond acceptors (Lipinski definition) is 4. The molecule has 4 rings (SSSR count). The second-order valence-electron chi connectivity index (χ2n) is 6.42. The SMILES string of the molecule is CCc1nc2ccc(NC(=O)c3ccc(C=Cc4nccs4)cc3)cn2c1C. The molecule has 1 aromatic carbocycles. The number of aromatic nitrogens is 3. The average Bonchev–Trinajstić information content (AvgIpc) is 3.35. The van der Waals surface area contributed by atoms with E-state index in [0.29, 0.717) is 5.56 Å². The summed E-state index contributed by atoms with van der Waals surface area (Å²) >= 11 is 1.59. The van der Waals surface area contributed by atoms with Gasteiger partial charge >= 0.3 is 0 Å². The zero-order chi connectivity index (χ0) is 19.5. The van der Waals surface area contributed by atoms with Gasteiger partial charge in [-0.1, -0.05) is 25.1 Å². The molecule has 6 heteroatoms. The minimum Gasteiger partial charge on any atom is -0.321 e. The van der Waals surface area contributed by atoms with Gasteiger partial charge in [-0.05, 0) is 49.2 Å². The third-order valence-electron chi connectivity index (χ3n) is 4.59. The van der Waals surface area contributed by atoms with Crippen molar-refractivity contribution >= 4 is 40.7 Å². The average molecular weight is 388 g/mol. The first kappa shape index (κ1) is 18.1. The van der Waals surface area contributed by atoms with Gasteiger partial charge in [0.2, 0.25) is 0 Å². The van der Waals surface area contributed by atoms with Gasteiger partial charge in [0.1, 0.15) is 10.7 Å². The molecule has 5 nitrogen and oxygen atoms in total. The van der Waals surface area contributed by atoms with Crippen molar-refractivity contribution < 1.29 is 4.79 Å². The minimum atomic E-state index is -0.136. The molecule has 0 atom stereocenters. The van der Waals surface area contributed by atoms with Crippen LogP contribution in [0.25, 0.3) is 17.8 Å². The molecule has 3 aromatic heterocycles. The molecule has 0 aliphatic carbocycles. The molecule has 4 aromatic rings. The normalized spacial score (nSPS) is 11.4. The van der Waals surface area contributed by atoms with Gasteiger partial charge in [0.25, 0.3) is 5.91 Å². The van der Waals surface area contributed by atoms with E-state index in [-0.39, 0.29) is 5.91 Å². The molecule has 1 N–H and O–H groups in total. The summed E-state index contributed by atoms with van der Waals surface area (Å²) in [5, 5.41) is 5.86. The maximum Gasteiger partial charge on any atom is 0.255 e. The number of anilines is 1. The van der Waals surface area contributed by atoms with Crippen LogP contribution in [0.2, 0.25) is 0 Å². The predicted molar refractivity (Wildman–Crippen MR) is 115 cm³/mol. The van der Waals surface area contributed by atoms with Crippen LogP contribution in [0.4, 0.5) is 5.69 Å². The van der Waals surface area contributed by atoms with Crippen molar-refractivity contribution in [1.82, 2.24) is 14.4 Å². The van der Waals surface area contributed by atoms with Crippen molar-refractivity contribution in [1.29, 1.82) is 0 Å². The number of benzene rings is 1. The molecule has 1 amide bonds. The second-order valence-corrected chi connectivity index (χ2v) is 7.35. The quantitative estimate of drug-likeness (QED) is 0.518. The van der Waals surface area contributed by atoms with Gasteiger partial charge < -0.3 is 9.72 Å². The Morgan fingerprint density at radius 3 is 2.71 bits per heavy atom. The minimum absolute atomic E-state index is 0.136. The van der Waals surface area contributed by atoms with E-state index in [9.17, 15) is 4.79 Å². The Bertz CT molecular complexity index is 1140. The number of nitrogens with one attached hydrogen (secondary N) is 1. The number of rotatable bonds is 5. The highest BCUT2D eigenvalue weighted by Crippen LogP contribution is 2.17. The molecule has 140 valence electrons. The van der Waals surface area contributed by atoms with Crippen molar-refractivity contribution in [3.63, 3.8) is 0 Å². The van der Waals surface area contributed by atoms with Crippen molar-refractivity contribution in [3.05, 3.63) is 81.7 Å². The predicted octanol–water partition coefficient (Wildman–Crippen LogP) is 5.08. The highest BCUT2D eigenvalue weighted by atomic mass is 32.1. The number of amides is 1. The van der Waals surface area contributed by atoms with Gasteiger partial charge in [0.05, 0.1) is 11.4 Å². The highest BCUT2D eigenvalue weighted by Gasteiger charge is 2.09. The van der Waals surface area contributed by atoms with Crippen LogP contribution in [0.3, 0.4) is 0 Å². The second kappa shape index (κ2) is 7.78. The zero-order valence-corrected chi connectivity index (χ0v) is 16.5. The van der Waals surface area contributed by atoms with E-state index >= 15 is 0 Å². The Labute approximate surface area is 167 Å². The zero-order valence-electron chi connectivity index (χ0n) is 15.7. The van der Waals surface area contributed by atoms with Crippen LogP contribution in [0.5, 0.6) is 0 Å². The van der Waals surface area contributed by atoms with Gasteiger partial charge in [-0.3, -0.25) is 4.79 Å². The number of carbonyl (C=O) groups is 1. The lowest BCUT2D eigenvalue weighted by Gasteiger charge is -2.07. The summed E-state index contributed by atoms with van der Waals surface area (Å²) in [6.07, 6.45) is 8.54. The Hall–Kier alpha value is -3.25. The van der Waals surface area contributed by atoms with Crippen LogP contribution >= 0.6 is 11.3 Å². The lowest BCUT2D eigenvalue weighted by Crippen LogP contribution is -2.12. The molecule has 0 aliphatic heterocycles. The number of nitrogens with zero attached hydrogens (tertiary/aromatic N) is 3. The molecular weight excluding hydrogens is 368 g/mol. The number of pyridine rings is 1. The van der Waals surface area contributed by atoms with E-state index in [1.54, 1.807) is 17.5 Å². The fourth-order valence-corrected chi connectivity index (χ4v) is 3.58. The third-order valence-corrected chi connectivity index (χ3v) is 5.33. The number of thiazole rings is 1. The third kappa shape index (κ3) is 3.73. The maximum atomic E-state index is 12.6. The summed E-state index contributed by atoms with van der Waals surface area (Å²) in [5.74, 6) is -0.136. The number of imidazole rings is 1. The van der Waals surface area contributed by atoms with Crippen LogP contribution in [0.1, 0.15) is 39.2 Å². The first-order valence-electron chi connectivity index (χ1n) is 9.10. The summed E-state index contributed by atoms with van der Waals surface area (Å²) in [6.45, 7) is 4.13. The van der Waals surface area contributed by atoms with Gasteiger partial charge in [-0.15, -0.1) is 11.3 Å². The molecule has 0 aliphatic rings. The molecule has 3 heterocycles.